The number of hydrogen-bond acceptors (Lipinski definition) is 2. The van der Waals surface area contributed by atoms with Crippen LogP contribution in [0.15, 0.2) is 30.3 Å². The van der Waals surface area contributed by atoms with Crippen molar-refractivity contribution in [2.24, 2.45) is 5.41 Å². The fourth-order valence-electron chi connectivity index (χ4n) is 2.68. The Morgan fingerprint density at radius 1 is 1.06 bits per heavy atom. The number of ether oxygens (including phenoxy) is 2. The zero-order valence-corrected chi connectivity index (χ0v) is 11.7. The van der Waals surface area contributed by atoms with Gasteiger partial charge >= 0.3 is 0 Å². The number of hydrogen-bond donors (Lipinski definition) is 0. The third kappa shape index (κ3) is 2.60. The summed E-state index contributed by atoms with van der Waals surface area (Å²) >= 11 is 0. The van der Waals surface area contributed by atoms with E-state index in [1.807, 2.05) is 18.2 Å². The molecule has 0 spiro atoms. The lowest BCUT2D eigenvalue weighted by molar-refractivity contribution is -0.312. The highest BCUT2D eigenvalue weighted by molar-refractivity contribution is 5.20. The van der Waals surface area contributed by atoms with Crippen LogP contribution >= 0.6 is 0 Å². The van der Waals surface area contributed by atoms with E-state index in [0.717, 1.165) is 31.6 Å². The van der Waals surface area contributed by atoms with Gasteiger partial charge in [-0.05, 0) is 6.42 Å². The average molecular weight is 248 g/mol. The van der Waals surface area contributed by atoms with Crippen LogP contribution in [0, 0.1) is 5.41 Å². The topological polar surface area (TPSA) is 18.5 Å². The molecule has 2 nitrogen and oxygen atoms in total. The predicted octanol–water partition coefficient (Wildman–Crippen LogP) is 4.10. The lowest BCUT2D eigenvalue weighted by Crippen LogP contribution is -2.46. The molecule has 1 aromatic carbocycles. The van der Waals surface area contributed by atoms with Crippen molar-refractivity contribution < 1.29 is 9.47 Å². The highest BCUT2D eigenvalue weighted by Gasteiger charge is 2.42. The van der Waals surface area contributed by atoms with Crippen LogP contribution in [0.1, 0.15) is 45.6 Å². The quantitative estimate of drug-likeness (QED) is 0.798. The summed E-state index contributed by atoms with van der Waals surface area (Å²) in [4.78, 5) is 0. The monoisotopic (exact) mass is 248 g/mol. The van der Waals surface area contributed by atoms with Crippen molar-refractivity contribution in [2.45, 2.75) is 45.8 Å². The Morgan fingerprint density at radius 2 is 1.67 bits per heavy atom. The first-order valence-electron chi connectivity index (χ1n) is 6.97. The fraction of sp³-hybridized carbons (Fsp3) is 0.625. The van der Waals surface area contributed by atoms with Crippen LogP contribution in [0.4, 0.5) is 0 Å². The minimum Gasteiger partial charge on any atom is -0.345 e. The zero-order valence-electron chi connectivity index (χ0n) is 11.7. The molecule has 2 rings (SSSR count). The Balaban J connectivity index is 2.14. The average Bonchev–Trinajstić information content (AvgIpc) is 2.41. The third-order valence-electron chi connectivity index (χ3n) is 3.84. The van der Waals surface area contributed by atoms with Gasteiger partial charge in [0.2, 0.25) is 0 Å². The van der Waals surface area contributed by atoms with Gasteiger partial charge < -0.3 is 9.47 Å². The van der Waals surface area contributed by atoms with E-state index in [4.69, 9.17) is 9.47 Å². The molecular weight excluding hydrogens is 224 g/mol. The Kier molecular flexibility index (Phi) is 4.08. The molecule has 100 valence electrons. The maximum atomic E-state index is 6.15. The largest absolute Gasteiger partial charge is 0.345 e. The third-order valence-corrected chi connectivity index (χ3v) is 3.84. The normalized spacial score (nSPS) is 32.4. The maximum absolute atomic E-state index is 6.15. The van der Waals surface area contributed by atoms with Crippen molar-refractivity contribution in [1.29, 1.82) is 0 Å². The number of benzene rings is 1. The molecule has 1 heterocycles. The van der Waals surface area contributed by atoms with Crippen molar-refractivity contribution in [2.75, 3.05) is 13.2 Å². The van der Waals surface area contributed by atoms with Gasteiger partial charge in [0, 0.05) is 17.4 Å². The summed E-state index contributed by atoms with van der Waals surface area (Å²) < 4.78 is 12.3. The second-order valence-electron chi connectivity index (χ2n) is 5.61. The summed E-state index contributed by atoms with van der Waals surface area (Å²) in [5.74, 6) is -0.533. The first kappa shape index (κ1) is 13.6. The lowest BCUT2D eigenvalue weighted by atomic mass is 9.85. The molecule has 1 aliphatic heterocycles. The van der Waals surface area contributed by atoms with E-state index in [9.17, 15) is 0 Å². The number of rotatable bonds is 4. The highest BCUT2D eigenvalue weighted by atomic mass is 16.7. The second-order valence-corrected chi connectivity index (χ2v) is 5.61. The van der Waals surface area contributed by atoms with Crippen LogP contribution in [-0.4, -0.2) is 13.2 Å². The van der Waals surface area contributed by atoms with E-state index < -0.39 is 5.79 Å². The van der Waals surface area contributed by atoms with Crippen LogP contribution in [0.5, 0.6) is 0 Å². The van der Waals surface area contributed by atoms with E-state index in [0.29, 0.717) is 0 Å². The molecule has 0 unspecified atom stereocenters. The summed E-state index contributed by atoms with van der Waals surface area (Å²) in [7, 11) is 0. The van der Waals surface area contributed by atoms with E-state index in [1.54, 1.807) is 0 Å². The lowest BCUT2D eigenvalue weighted by Gasteiger charge is -2.44. The van der Waals surface area contributed by atoms with Gasteiger partial charge in [-0.25, -0.2) is 0 Å². The molecule has 0 saturated carbocycles. The molecule has 0 bridgehead atoms. The Hall–Kier alpha value is -0.860. The Bertz CT molecular complexity index is 364. The molecule has 0 aromatic heterocycles. The fourth-order valence-corrected chi connectivity index (χ4v) is 2.68. The van der Waals surface area contributed by atoms with Gasteiger partial charge in [-0.3, -0.25) is 0 Å². The maximum Gasteiger partial charge on any atom is 0.194 e. The standard InChI is InChI=1S/C16H24O2/c1-4-11-15(3)12-17-16(5-2,18-13-15)14-9-7-6-8-10-14/h6-10H,4-5,11-13H2,1-3H3. The summed E-state index contributed by atoms with van der Waals surface area (Å²) in [6, 6.07) is 10.3. The van der Waals surface area contributed by atoms with Crippen LogP contribution in [0.25, 0.3) is 0 Å². The van der Waals surface area contributed by atoms with Crippen molar-refractivity contribution in [3.63, 3.8) is 0 Å². The van der Waals surface area contributed by atoms with Crippen molar-refractivity contribution in [1.82, 2.24) is 0 Å². The van der Waals surface area contributed by atoms with Gasteiger partial charge in [0.25, 0.3) is 0 Å². The summed E-state index contributed by atoms with van der Waals surface area (Å²) in [5.41, 5.74) is 1.30. The van der Waals surface area contributed by atoms with E-state index >= 15 is 0 Å². The van der Waals surface area contributed by atoms with Gasteiger partial charge in [0.05, 0.1) is 13.2 Å². The summed E-state index contributed by atoms with van der Waals surface area (Å²) in [6.45, 7) is 8.15. The van der Waals surface area contributed by atoms with E-state index in [-0.39, 0.29) is 5.41 Å². The molecule has 0 amide bonds. The smallest absolute Gasteiger partial charge is 0.194 e. The van der Waals surface area contributed by atoms with E-state index in [2.05, 4.69) is 32.9 Å². The SMILES string of the molecule is CCCC1(C)COC(CC)(c2ccccc2)OC1. The minimum atomic E-state index is -0.533. The van der Waals surface area contributed by atoms with Crippen LogP contribution < -0.4 is 0 Å². The van der Waals surface area contributed by atoms with Crippen LogP contribution in [-0.2, 0) is 15.3 Å². The molecule has 1 saturated heterocycles. The van der Waals surface area contributed by atoms with Gasteiger partial charge in [0.1, 0.15) is 0 Å². The molecule has 1 aliphatic rings. The predicted molar refractivity (Wildman–Crippen MR) is 73.3 cm³/mol. The molecule has 2 heteroatoms. The Morgan fingerprint density at radius 3 is 2.17 bits per heavy atom. The van der Waals surface area contributed by atoms with Crippen molar-refractivity contribution in [3.05, 3.63) is 35.9 Å². The minimum absolute atomic E-state index is 0.169. The molecule has 0 aliphatic carbocycles. The van der Waals surface area contributed by atoms with Crippen LogP contribution in [0.2, 0.25) is 0 Å². The van der Waals surface area contributed by atoms with Crippen molar-refractivity contribution in [3.8, 4) is 0 Å². The zero-order chi connectivity index (χ0) is 13.1. The van der Waals surface area contributed by atoms with Gasteiger partial charge in [-0.15, -0.1) is 0 Å². The molecule has 1 fully saturated rings. The molecule has 0 atom stereocenters. The molecule has 0 N–H and O–H groups in total. The van der Waals surface area contributed by atoms with Gasteiger partial charge in [-0.1, -0.05) is 57.5 Å². The van der Waals surface area contributed by atoms with Gasteiger partial charge in [-0.2, -0.15) is 0 Å². The van der Waals surface area contributed by atoms with Crippen molar-refractivity contribution >= 4 is 0 Å². The van der Waals surface area contributed by atoms with Crippen LogP contribution in [0.3, 0.4) is 0 Å². The summed E-state index contributed by atoms with van der Waals surface area (Å²) in [5, 5.41) is 0. The molecule has 1 aromatic rings. The Labute approximate surface area is 110 Å². The first-order chi connectivity index (χ1) is 8.64. The second kappa shape index (κ2) is 5.41. The summed E-state index contributed by atoms with van der Waals surface area (Å²) in [6.07, 6.45) is 3.18. The van der Waals surface area contributed by atoms with Gasteiger partial charge in [0.15, 0.2) is 5.79 Å². The van der Waals surface area contributed by atoms with E-state index in [1.165, 1.54) is 6.42 Å². The molecular formula is C16H24O2. The molecule has 0 radical (unpaired) electrons. The highest BCUT2D eigenvalue weighted by Crippen LogP contribution is 2.40. The first-order valence-corrected chi connectivity index (χ1v) is 6.97. The molecule has 18 heavy (non-hydrogen) atoms.